The highest BCUT2D eigenvalue weighted by atomic mass is 16.5. The van der Waals surface area contributed by atoms with E-state index in [9.17, 15) is 14.4 Å². The molecular weight excluding hydrogens is 448 g/mol. The van der Waals surface area contributed by atoms with Gasteiger partial charge in [-0.2, -0.15) is 5.10 Å². The van der Waals surface area contributed by atoms with E-state index >= 15 is 0 Å². The van der Waals surface area contributed by atoms with Crippen LogP contribution in [0.15, 0.2) is 60.9 Å². The van der Waals surface area contributed by atoms with Crippen molar-refractivity contribution < 1.29 is 24.2 Å². The number of benzene rings is 2. The summed E-state index contributed by atoms with van der Waals surface area (Å²) in [5.74, 6) is -1.37. The van der Waals surface area contributed by atoms with Crippen molar-refractivity contribution >= 4 is 23.7 Å². The van der Waals surface area contributed by atoms with Crippen LogP contribution < -0.4 is 5.32 Å². The maximum atomic E-state index is 12.5. The Hall–Kier alpha value is -4.14. The third-order valence-corrected chi connectivity index (χ3v) is 6.72. The van der Waals surface area contributed by atoms with Gasteiger partial charge in [-0.3, -0.25) is 19.6 Å². The molecule has 1 aliphatic heterocycles. The zero-order valence-electron chi connectivity index (χ0n) is 19.1. The van der Waals surface area contributed by atoms with Crippen molar-refractivity contribution in [2.75, 3.05) is 25.0 Å². The van der Waals surface area contributed by atoms with Crippen molar-refractivity contribution in [2.24, 2.45) is 5.92 Å². The Labute approximate surface area is 202 Å². The quantitative estimate of drug-likeness (QED) is 0.565. The summed E-state index contributed by atoms with van der Waals surface area (Å²) in [5.41, 5.74) is 5.03. The first kappa shape index (κ1) is 22.6. The predicted octanol–water partition coefficient (Wildman–Crippen LogP) is 3.57. The van der Waals surface area contributed by atoms with Crippen molar-refractivity contribution in [3.05, 3.63) is 72.1 Å². The molecule has 2 N–H and O–H groups in total. The molecule has 1 fully saturated rings. The van der Waals surface area contributed by atoms with Gasteiger partial charge in [0.1, 0.15) is 13.2 Å². The van der Waals surface area contributed by atoms with Gasteiger partial charge in [0.15, 0.2) is 0 Å². The molecule has 1 aliphatic carbocycles. The predicted molar refractivity (Wildman–Crippen MR) is 128 cm³/mol. The van der Waals surface area contributed by atoms with Crippen LogP contribution in [0.1, 0.15) is 29.9 Å². The lowest BCUT2D eigenvalue weighted by Crippen LogP contribution is -2.41. The molecule has 0 atom stereocenters. The maximum Gasteiger partial charge on any atom is 0.411 e. The van der Waals surface area contributed by atoms with E-state index in [-0.39, 0.29) is 25.0 Å². The summed E-state index contributed by atoms with van der Waals surface area (Å²) >= 11 is 0. The average molecular weight is 475 g/mol. The largest absolute Gasteiger partial charge is 0.481 e. The number of carboxylic acid groups (broad SMARTS) is 1. The first-order valence-electron chi connectivity index (χ1n) is 11.6. The van der Waals surface area contributed by atoms with E-state index in [0.29, 0.717) is 31.6 Å². The zero-order chi connectivity index (χ0) is 24.4. The van der Waals surface area contributed by atoms with Gasteiger partial charge in [0, 0.05) is 25.2 Å². The van der Waals surface area contributed by atoms with Gasteiger partial charge in [0.05, 0.1) is 17.8 Å². The van der Waals surface area contributed by atoms with Gasteiger partial charge >= 0.3 is 12.1 Å². The molecule has 9 nitrogen and oxygen atoms in total. The Morgan fingerprint density at radius 2 is 1.63 bits per heavy atom. The number of anilines is 1. The molecule has 0 spiro atoms. The lowest BCUT2D eigenvalue weighted by Gasteiger charge is -2.30. The van der Waals surface area contributed by atoms with Crippen LogP contribution in [0.2, 0.25) is 0 Å². The number of ether oxygens (including phenoxy) is 1. The molecule has 0 bridgehead atoms. The molecule has 5 rings (SSSR count). The van der Waals surface area contributed by atoms with Gasteiger partial charge in [-0.25, -0.2) is 4.79 Å². The molecule has 0 radical (unpaired) electrons. The van der Waals surface area contributed by atoms with Gasteiger partial charge in [-0.15, -0.1) is 0 Å². The van der Waals surface area contributed by atoms with Gasteiger partial charge in [-0.1, -0.05) is 48.5 Å². The van der Waals surface area contributed by atoms with Crippen molar-refractivity contribution in [2.45, 2.75) is 25.3 Å². The lowest BCUT2D eigenvalue weighted by molar-refractivity contribution is -0.145. The summed E-state index contributed by atoms with van der Waals surface area (Å²) in [7, 11) is 0. The molecular formula is C26H26N4O5. The van der Waals surface area contributed by atoms with Gasteiger partial charge < -0.3 is 14.7 Å². The van der Waals surface area contributed by atoms with Gasteiger partial charge in [0.2, 0.25) is 5.91 Å². The highest BCUT2D eigenvalue weighted by molar-refractivity contribution is 5.85. The summed E-state index contributed by atoms with van der Waals surface area (Å²) in [6, 6.07) is 16.3. The number of aliphatic carboxylic acids is 1. The third kappa shape index (κ3) is 4.75. The summed E-state index contributed by atoms with van der Waals surface area (Å²) in [6.45, 7) is 1.06. The topological polar surface area (TPSA) is 114 Å². The number of amides is 2. The SMILES string of the molecule is O=C(Nc1cnn(CC(=O)N2CCC(C(=O)O)CC2)c1)OCC1c2ccccc2-c2ccccc21. The van der Waals surface area contributed by atoms with Crippen LogP contribution in [0.25, 0.3) is 11.1 Å². The summed E-state index contributed by atoms with van der Waals surface area (Å²) in [4.78, 5) is 37.7. The van der Waals surface area contributed by atoms with Crippen molar-refractivity contribution in [1.29, 1.82) is 0 Å². The number of carbonyl (C=O) groups is 3. The fourth-order valence-electron chi connectivity index (χ4n) is 4.88. The Bertz CT molecular complexity index is 1220. The first-order chi connectivity index (χ1) is 17.0. The van der Waals surface area contributed by atoms with Crippen molar-refractivity contribution in [3.8, 4) is 11.1 Å². The standard InChI is InChI=1S/C26H26N4O5/c31-24(29-11-9-17(10-12-29)25(32)33)15-30-14-18(13-27-30)28-26(34)35-16-23-21-7-3-1-5-19(21)20-6-2-4-8-22(20)23/h1-8,13-14,17,23H,9-12,15-16H2,(H,28,34)(H,32,33). The normalized spacial score (nSPS) is 15.4. The Morgan fingerprint density at radius 1 is 1.00 bits per heavy atom. The van der Waals surface area contributed by atoms with Crippen LogP contribution in [-0.2, 0) is 20.9 Å². The fourth-order valence-corrected chi connectivity index (χ4v) is 4.88. The number of fused-ring (bicyclic) bond motifs is 3. The van der Waals surface area contributed by atoms with E-state index in [2.05, 4.69) is 34.7 Å². The summed E-state index contributed by atoms with van der Waals surface area (Å²) in [6.07, 6.45) is 3.35. The van der Waals surface area contributed by atoms with Crippen LogP contribution >= 0.6 is 0 Å². The molecule has 2 heterocycles. The van der Waals surface area contributed by atoms with Crippen LogP contribution in [0.5, 0.6) is 0 Å². The lowest BCUT2D eigenvalue weighted by atomic mass is 9.97. The number of nitrogens with zero attached hydrogens (tertiary/aromatic N) is 3. The highest BCUT2D eigenvalue weighted by Crippen LogP contribution is 2.44. The molecule has 3 aromatic rings. The van der Waals surface area contributed by atoms with E-state index in [4.69, 9.17) is 9.84 Å². The van der Waals surface area contributed by atoms with E-state index in [1.54, 1.807) is 11.1 Å². The Kier molecular flexibility index (Phi) is 6.22. The van der Waals surface area contributed by atoms with E-state index < -0.39 is 18.0 Å². The van der Waals surface area contributed by atoms with E-state index in [1.165, 1.54) is 10.9 Å². The smallest absolute Gasteiger partial charge is 0.411 e. The number of hydrogen-bond donors (Lipinski definition) is 2. The summed E-state index contributed by atoms with van der Waals surface area (Å²) in [5, 5.41) is 15.9. The first-order valence-corrected chi connectivity index (χ1v) is 11.6. The van der Waals surface area contributed by atoms with Crippen LogP contribution in [0.3, 0.4) is 0 Å². The van der Waals surface area contributed by atoms with Crippen LogP contribution in [0, 0.1) is 5.92 Å². The Balaban J connectivity index is 1.14. The van der Waals surface area contributed by atoms with Crippen LogP contribution in [0.4, 0.5) is 10.5 Å². The molecule has 9 heteroatoms. The second-order valence-electron chi connectivity index (χ2n) is 8.87. The van der Waals surface area contributed by atoms with Gasteiger partial charge in [0.25, 0.3) is 0 Å². The minimum Gasteiger partial charge on any atom is -0.481 e. The molecule has 1 aromatic heterocycles. The van der Waals surface area contributed by atoms with Crippen molar-refractivity contribution in [1.82, 2.24) is 14.7 Å². The number of carboxylic acids is 1. The number of piperidine rings is 1. The zero-order valence-corrected chi connectivity index (χ0v) is 19.1. The van der Waals surface area contributed by atoms with E-state index in [0.717, 1.165) is 22.3 Å². The molecule has 1 saturated heterocycles. The Morgan fingerprint density at radius 3 is 2.26 bits per heavy atom. The van der Waals surface area contributed by atoms with Crippen LogP contribution in [-0.4, -0.2) is 57.5 Å². The average Bonchev–Trinajstić information content (AvgIpc) is 3.44. The second-order valence-corrected chi connectivity index (χ2v) is 8.87. The second kappa shape index (κ2) is 9.61. The number of aromatic nitrogens is 2. The molecule has 0 saturated carbocycles. The molecule has 180 valence electrons. The maximum absolute atomic E-state index is 12.5. The molecule has 2 aromatic carbocycles. The number of nitrogens with one attached hydrogen (secondary N) is 1. The van der Waals surface area contributed by atoms with Gasteiger partial charge in [-0.05, 0) is 35.1 Å². The number of rotatable bonds is 6. The molecule has 0 unspecified atom stereocenters. The summed E-state index contributed by atoms with van der Waals surface area (Å²) < 4.78 is 7.00. The number of likely N-dealkylation sites (tertiary alicyclic amines) is 1. The third-order valence-electron chi connectivity index (χ3n) is 6.72. The minimum absolute atomic E-state index is 0.0180. The molecule has 2 aliphatic rings. The minimum atomic E-state index is -0.812. The number of carbonyl (C=O) groups excluding carboxylic acids is 2. The van der Waals surface area contributed by atoms with E-state index in [1.807, 2.05) is 24.3 Å². The molecule has 35 heavy (non-hydrogen) atoms. The fraction of sp³-hybridized carbons (Fsp3) is 0.308. The molecule has 2 amide bonds. The monoisotopic (exact) mass is 474 g/mol. The number of hydrogen-bond acceptors (Lipinski definition) is 5. The van der Waals surface area contributed by atoms with Crippen molar-refractivity contribution in [3.63, 3.8) is 0 Å². The highest BCUT2D eigenvalue weighted by Gasteiger charge is 2.29.